The number of aliphatic imine (C=N–C) groups is 1. The predicted octanol–water partition coefficient (Wildman–Crippen LogP) is 3.05. The van der Waals surface area contributed by atoms with Crippen molar-refractivity contribution in [2.75, 3.05) is 67.3 Å². The Labute approximate surface area is 200 Å². The number of hydrogen-bond donors (Lipinski definition) is 2. The van der Waals surface area contributed by atoms with E-state index in [-0.39, 0.29) is 24.0 Å². The summed E-state index contributed by atoms with van der Waals surface area (Å²) in [5.74, 6) is 1.73. The highest BCUT2D eigenvalue weighted by Gasteiger charge is 2.06. The van der Waals surface area contributed by atoms with Crippen molar-refractivity contribution in [1.29, 1.82) is 0 Å². The van der Waals surface area contributed by atoms with E-state index in [1.165, 1.54) is 5.56 Å². The van der Waals surface area contributed by atoms with Gasteiger partial charge in [-0.05, 0) is 45.5 Å². The Morgan fingerprint density at radius 2 is 1.80 bits per heavy atom. The third-order valence-corrected chi connectivity index (χ3v) is 4.41. The minimum absolute atomic E-state index is 0. The molecule has 8 heteroatoms. The Kier molecular flexibility index (Phi) is 18.0. The molecule has 0 aliphatic heterocycles. The molecule has 0 amide bonds. The van der Waals surface area contributed by atoms with Crippen molar-refractivity contribution in [2.45, 2.75) is 33.2 Å². The second-order valence-electron chi connectivity index (χ2n) is 7.08. The maximum absolute atomic E-state index is 5.96. The number of guanidine groups is 1. The Balaban J connectivity index is 0.00000841. The minimum atomic E-state index is 0. The zero-order chi connectivity index (χ0) is 21.3. The molecule has 0 atom stereocenters. The Morgan fingerprint density at radius 1 is 1.03 bits per heavy atom. The molecule has 1 aromatic rings. The normalized spacial score (nSPS) is 11.3. The molecule has 0 spiro atoms. The smallest absolute Gasteiger partial charge is 0.191 e. The maximum atomic E-state index is 5.96. The first-order valence-electron chi connectivity index (χ1n) is 10.5. The van der Waals surface area contributed by atoms with E-state index in [1.807, 2.05) is 0 Å². The Morgan fingerprint density at radius 3 is 2.50 bits per heavy atom. The van der Waals surface area contributed by atoms with Gasteiger partial charge in [-0.2, -0.15) is 0 Å². The zero-order valence-corrected chi connectivity index (χ0v) is 21.7. The van der Waals surface area contributed by atoms with E-state index in [0.717, 1.165) is 62.9 Å². The van der Waals surface area contributed by atoms with Gasteiger partial charge < -0.3 is 29.7 Å². The monoisotopic (exact) mass is 536 g/mol. The van der Waals surface area contributed by atoms with Crippen LogP contribution in [0.2, 0.25) is 0 Å². The lowest BCUT2D eigenvalue weighted by molar-refractivity contribution is 0.161. The highest BCUT2D eigenvalue weighted by Crippen LogP contribution is 2.21. The largest absolute Gasteiger partial charge is 0.493 e. The van der Waals surface area contributed by atoms with E-state index >= 15 is 0 Å². The standard InChI is InChI=1S/C22H40N4O3.HI/c1-6-23-22(24-11-7-12-26(3)13-16-28-5)25-18-20-10-9-19(2)17-21(20)29-15-8-14-27-4;/h9-10,17H,6-8,11-16,18H2,1-5H3,(H2,23,24,25);1H. The van der Waals surface area contributed by atoms with E-state index < -0.39 is 0 Å². The van der Waals surface area contributed by atoms with Crippen LogP contribution in [0.25, 0.3) is 0 Å². The number of nitrogens with zero attached hydrogens (tertiary/aromatic N) is 2. The second-order valence-corrected chi connectivity index (χ2v) is 7.08. The molecular weight excluding hydrogens is 495 g/mol. The van der Waals surface area contributed by atoms with Gasteiger partial charge in [0.2, 0.25) is 0 Å². The Hall–Kier alpha value is -1.10. The van der Waals surface area contributed by atoms with Gasteiger partial charge in [0.05, 0.1) is 19.8 Å². The maximum Gasteiger partial charge on any atom is 0.191 e. The van der Waals surface area contributed by atoms with Crippen molar-refractivity contribution in [2.24, 2.45) is 4.99 Å². The molecule has 0 unspecified atom stereocenters. The molecule has 1 aromatic carbocycles. The first-order valence-corrected chi connectivity index (χ1v) is 10.5. The molecule has 174 valence electrons. The molecule has 0 bridgehead atoms. The molecule has 0 saturated carbocycles. The van der Waals surface area contributed by atoms with Crippen LogP contribution in [0.15, 0.2) is 23.2 Å². The lowest BCUT2D eigenvalue weighted by Gasteiger charge is -2.17. The van der Waals surface area contributed by atoms with Gasteiger partial charge in [-0.3, -0.25) is 0 Å². The van der Waals surface area contributed by atoms with Gasteiger partial charge >= 0.3 is 0 Å². The van der Waals surface area contributed by atoms with Crippen molar-refractivity contribution in [3.63, 3.8) is 0 Å². The van der Waals surface area contributed by atoms with Gasteiger partial charge in [0.15, 0.2) is 5.96 Å². The van der Waals surface area contributed by atoms with Gasteiger partial charge in [-0.25, -0.2) is 4.99 Å². The van der Waals surface area contributed by atoms with Crippen LogP contribution in [-0.4, -0.2) is 78.1 Å². The highest BCUT2D eigenvalue weighted by molar-refractivity contribution is 14.0. The number of halogens is 1. The number of nitrogens with one attached hydrogen (secondary N) is 2. The van der Waals surface area contributed by atoms with Crippen LogP contribution in [0.3, 0.4) is 0 Å². The predicted molar refractivity (Wildman–Crippen MR) is 135 cm³/mol. The van der Waals surface area contributed by atoms with Crippen molar-refractivity contribution in [3.8, 4) is 5.75 Å². The van der Waals surface area contributed by atoms with Gasteiger partial charge in [0, 0.05) is 52.4 Å². The fourth-order valence-corrected chi connectivity index (χ4v) is 2.73. The molecule has 0 aliphatic rings. The first-order chi connectivity index (χ1) is 14.1. The van der Waals surface area contributed by atoms with Crippen LogP contribution in [0.4, 0.5) is 0 Å². The van der Waals surface area contributed by atoms with Gasteiger partial charge in [-0.15, -0.1) is 24.0 Å². The summed E-state index contributed by atoms with van der Waals surface area (Å²) in [6.45, 7) is 10.5. The number of likely N-dealkylation sites (N-methyl/N-ethyl adjacent to an activating group) is 1. The quantitative estimate of drug-likeness (QED) is 0.156. The molecule has 0 radical (unpaired) electrons. The average Bonchev–Trinajstić information content (AvgIpc) is 2.71. The SMILES string of the molecule is CCNC(=NCc1ccc(C)cc1OCCCOC)NCCCN(C)CCOC.I. The number of rotatable bonds is 15. The number of methoxy groups -OCH3 is 2. The van der Waals surface area contributed by atoms with Crippen molar-refractivity contribution < 1.29 is 14.2 Å². The number of aryl methyl sites for hydroxylation is 1. The van der Waals surface area contributed by atoms with Crippen molar-refractivity contribution in [1.82, 2.24) is 15.5 Å². The van der Waals surface area contributed by atoms with E-state index in [9.17, 15) is 0 Å². The number of hydrogen-bond acceptors (Lipinski definition) is 5. The molecule has 1 rings (SSSR count). The third-order valence-electron chi connectivity index (χ3n) is 4.41. The molecule has 0 fully saturated rings. The van der Waals surface area contributed by atoms with Crippen molar-refractivity contribution >= 4 is 29.9 Å². The van der Waals surface area contributed by atoms with Crippen LogP contribution in [0, 0.1) is 6.92 Å². The molecular formula is C22H41IN4O3. The third kappa shape index (κ3) is 13.3. The first kappa shape index (κ1) is 28.9. The molecule has 0 aliphatic carbocycles. The summed E-state index contributed by atoms with van der Waals surface area (Å²) in [7, 11) is 5.56. The van der Waals surface area contributed by atoms with Crippen LogP contribution in [0.1, 0.15) is 30.9 Å². The molecule has 2 N–H and O–H groups in total. The number of ether oxygens (including phenoxy) is 3. The van der Waals surface area contributed by atoms with Crippen LogP contribution < -0.4 is 15.4 Å². The van der Waals surface area contributed by atoms with Gasteiger partial charge in [0.25, 0.3) is 0 Å². The molecule has 0 heterocycles. The van der Waals surface area contributed by atoms with E-state index in [1.54, 1.807) is 14.2 Å². The molecule has 0 aromatic heterocycles. The van der Waals surface area contributed by atoms with Crippen LogP contribution in [0.5, 0.6) is 5.75 Å². The topological polar surface area (TPSA) is 67.4 Å². The summed E-state index contributed by atoms with van der Waals surface area (Å²) in [6.07, 6.45) is 1.92. The van der Waals surface area contributed by atoms with E-state index in [4.69, 9.17) is 19.2 Å². The van der Waals surface area contributed by atoms with E-state index in [0.29, 0.717) is 19.8 Å². The molecule has 30 heavy (non-hydrogen) atoms. The fourth-order valence-electron chi connectivity index (χ4n) is 2.73. The molecule has 0 saturated heterocycles. The summed E-state index contributed by atoms with van der Waals surface area (Å²) in [5.41, 5.74) is 2.27. The van der Waals surface area contributed by atoms with Crippen molar-refractivity contribution in [3.05, 3.63) is 29.3 Å². The summed E-state index contributed by atoms with van der Waals surface area (Å²) in [4.78, 5) is 7.01. The average molecular weight is 536 g/mol. The summed E-state index contributed by atoms with van der Waals surface area (Å²) in [5, 5.41) is 6.73. The molecule has 7 nitrogen and oxygen atoms in total. The Bertz CT molecular complexity index is 588. The van der Waals surface area contributed by atoms with Gasteiger partial charge in [0.1, 0.15) is 5.75 Å². The lowest BCUT2D eigenvalue weighted by Crippen LogP contribution is -2.38. The number of benzene rings is 1. The van der Waals surface area contributed by atoms with Crippen LogP contribution >= 0.6 is 24.0 Å². The minimum Gasteiger partial charge on any atom is -0.493 e. The summed E-state index contributed by atoms with van der Waals surface area (Å²) < 4.78 is 16.2. The lowest BCUT2D eigenvalue weighted by atomic mass is 10.1. The van der Waals surface area contributed by atoms with E-state index in [2.05, 4.69) is 54.6 Å². The fraction of sp³-hybridized carbons (Fsp3) is 0.682. The van der Waals surface area contributed by atoms with Gasteiger partial charge in [-0.1, -0.05) is 12.1 Å². The second kappa shape index (κ2) is 18.7. The van der Waals surface area contributed by atoms with Crippen LogP contribution in [-0.2, 0) is 16.0 Å². The summed E-state index contributed by atoms with van der Waals surface area (Å²) in [6, 6.07) is 6.27. The summed E-state index contributed by atoms with van der Waals surface area (Å²) >= 11 is 0. The zero-order valence-electron chi connectivity index (χ0n) is 19.3. The highest BCUT2D eigenvalue weighted by atomic mass is 127.